The first kappa shape index (κ1) is 14.8. The molecule has 2 fully saturated rings. The van der Waals surface area contributed by atoms with Gasteiger partial charge in [0.1, 0.15) is 0 Å². The van der Waals surface area contributed by atoms with Crippen LogP contribution in [0.5, 0.6) is 0 Å². The number of guanidine groups is 1. The van der Waals surface area contributed by atoms with E-state index in [0.717, 1.165) is 44.7 Å². The lowest BCUT2D eigenvalue weighted by molar-refractivity contribution is -0.554. The van der Waals surface area contributed by atoms with E-state index in [9.17, 15) is 0 Å². The summed E-state index contributed by atoms with van der Waals surface area (Å²) in [5.41, 5.74) is -0.315. The summed E-state index contributed by atoms with van der Waals surface area (Å²) in [6.45, 7) is 6.55. The summed E-state index contributed by atoms with van der Waals surface area (Å²) in [6.07, 6.45) is 9.95. The zero-order chi connectivity index (χ0) is 15.2. The molecule has 0 saturated carbocycles. The molecule has 4 atom stereocenters. The molecule has 0 radical (unpaired) electrons. The van der Waals surface area contributed by atoms with Crippen LogP contribution in [0.25, 0.3) is 0 Å². The van der Waals surface area contributed by atoms with Gasteiger partial charge in [0.15, 0.2) is 11.4 Å². The van der Waals surface area contributed by atoms with Crippen LogP contribution in [0, 0.1) is 0 Å². The van der Waals surface area contributed by atoms with Crippen LogP contribution >= 0.6 is 0 Å². The highest BCUT2D eigenvalue weighted by molar-refractivity contribution is 5.77. The average Bonchev–Trinajstić information content (AvgIpc) is 2.46. The minimum absolute atomic E-state index is 0.157. The first-order valence-corrected chi connectivity index (χ1v) is 9.12. The second-order valence-electron chi connectivity index (χ2n) is 7.72. The lowest BCUT2D eigenvalue weighted by Crippen LogP contribution is -2.70. The molecule has 22 heavy (non-hydrogen) atoms. The Balaban J connectivity index is 1.52. The van der Waals surface area contributed by atoms with Crippen molar-refractivity contribution in [1.29, 1.82) is 0 Å². The van der Waals surface area contributed by atoms with Gasteiger partial charge in [-0.2, -0.15) is 0 Å². The summed E-state index contributed by atoms with van der Waals surface area (Å²) < 4.78 is 15.1. The molecule has 0 aromatic heterocycles. The molecule has 4 heterocycles. The van der Waals surface area contributed by atoms with Gasteiger partial charge in [0.25, 0.3) is 0 Å². The van der Waals surface area contributed by atoms with E-state index >= 15 is 0 Å². The zero-order valence-electron chi connectivity index (χ0n) is 14.0. The molecular formula is C17H30N3O2+. The Bertz CT molecular complexity index is 441. The van der Waals surface area contributed by atoms with Crippen LogP contribution in [0.4, 0.5) is 0 Å². The van der Waals surface area contributed by atoms with Crippen molar-refractivity contribution >= 4 is 5.96 Å². The second-order valence-corrected chi connectivity index (χ2v) is 7.72. The molecule has 4 aliphatic heterocycles. The average molecular weight is 308 g/mol. The van der Waals surface area contributed by atoms with E-state index in [4.69, 9.17) is 9.47 Å². The van der Waals surface area contributed by atoms with E-state index in [-0.39, 0.29) is 11.4 Å². The molecule has 0 aliphatic carbocycles. The van der Waals surface area contributed by atoms with Gasteiger partial charge in [-0.15, -0.1) is 0 Å². The van der Waals surface area contributed by atoms with Crippen molar-refractivity contribution in [3.8, 4) is 0 Å². The Labute approximate surface area is 133 Å². The van der Waals surface area contributed by atoms with E-state index in [1.54, 1.807) is 0 Å². The molecule has 0 unspecified atom stereocenters. The number of hydrogen-bond acceptors (Lipinski definition) is 4. The van der Waals surface area contributed by atoms with Crippen LogP contribution in [0.15, 0.2) is 0 Å². The van der Waals surface area contributed by atoms with E-state index in [1.807, 2.05) is 0 Å². The van der Waals surface area contributed by atoms with E-state index in [1.165, 1.54) is 25.7 Å². The first-order valence-electron chi connectivity index (χ1n) is 9.12. The van der Waals surface area contributed by atoms with Crippen molar-refractivity contribution < 1.29 is 14.0 Å². The highest BCUT2D eigenvalue weighted by atomic mass is 16.5. The van der Waals surface area contributed by atoms with Crippen molar-refractivity contribution in [3.63, 3.8) is 0 Å². The maximum atomic E-state index is 6.32. The Morgan fingerprint density at radius 3 is 1.82 bits per heavy atom. The second kappa shape index (κ2) is 5.38. The summed E-state index contributed by atoms with van der Waals surface area (Å²) in [5, 5.41) is 7.43. The molecule has 2 N–H and O–H groups in total. The SMILES string of the molecule is C[C@@H]1CCC[C@]2(CC[N+]3=C(N2)N[C@@]2(CCC[C@@H](C)O2)CC3)O1. The summed E-state index contributed by atoms with van der Waals surface area (Å²) in [6, 6.07) is 0. The van der Waals surface area contributed by atoms with Gasteiger partial charge in [-0.25, -0.2) is 10.6 Å². The van der Waals surface area contributed by atoms with Gasteiger partial charge in [-0.05, 0) is 39.5 Å². The molecule has 0 aromatic carbocycles. The molecule has 0 aromatic rings. The quantitative estimate of drug-likeness (QED) is 0.671. The third-order valence-corrected chi connectivity index (χ3v) is 5.82. The van der Waals surface area contributed by atoms with Crippen LogP contribution in [-0.2, 0) is 9.47 Å². The maximum absolute atomic E-state index is 6.32. The largest absolute Gasteiger partial charge is 0.350 e. The van der Waals surface area contributed by atoms with Crippen LogP contribution < -0.4 is 10.6 Å². The van der Waals surface area contributed by atoms with Crippen molar-refractivity contribution in [1.82, 2.24) is 10.6 Å². The van der Waals surface area contributed by atoms with Crippen LogP contribution in [-0.4, -0.2) is 47.3 Å². The molecule has 4 rings (SSSR count). The highest BCUT2D eigenvalue weighted by Crippen LogP contribution is 2.34. The molecule has 5 nitrogen and oxygen atoms in total. The minimum Gasteiger partial charge on any atom is -0.340 e. The number of rotatable bonds is 0. The molecule has 124 valence electrons. The summed E-state index contributed by atoms with van der Waals surface area (Å²) in [5.74, 6) is 1.14. The Morgan fingerprint density at radius 2 is 1.36 bits per heavy atom. The molecule has 4 aliphatic rings. The summed E-state index contributed by atoms with van der Waals surface area (Å²) in [4.78, 5) is 0. The molecular weight excluding hydrogens is 278 g/mol. The molecule has 5 heteroatoms. The topological polar surface area (TPSA) is 45.5 Å². The predicted molar refractivity (Wildman–Crippen MR) is 84.8 cm³/mol. The van der Waals surface area contributed by atoms with Gasteiger partial charge >= 0.3 is 5.96 Å². The maximum Gasteiger partial charge on any atom is 0.350 e. The van der Waals surface area contributed by atoms with Gasteiger partial charge in [0, 0.05) is 25.7 Å². The van der Waals surface area contributed by atoms with Gasteiger partial charge in [-0.1, -0.05) is 0 Å². The summed E-state index contributed by atoms with van der Waals surface area (Å²) >= 11 is 0. The fourth-order valence-corrected chi connectivity index (χ4v) is 4.62. The van der Waals surface area contributed by atoms with Crippen LogP contribution in [0.2, 0.25) is 0 Å². The van der Waals surface area contributed by atoms with Gasteiger partial charge in [-0.3, -0.25) is 4.58 Å². The van der Waals surface area contributed by atoms with Crippen molar-refractivity contribution in [3.05, 3.63) is 0 Å². The van der Waals surface area contributed by atoms with E-state index < -0.39 is 0 Å². The number of ether oxygens (including phenoxy) is 2. The van der Waals surface area contributed by atoms with E-state index in [2.05, 4.69) is 29.1 Å². The third-order valence-electron chi connectivity index (χ3n) is 5.82. The number of hydrogen-bond donors (Lipinski definition) is 2. The lowest BCUT2D eigenvalue weighted by atomic mass is 9.92. The fraction of sp³-hybridized carbons (Fsp3) is 0.941. The molecule has 2 saturated heterocycles. The Kier molecular flexibility index (Phi) is 3.61. The van der Waals surface area contributed by atoms with Crippen LogP contribution in [0.3, 0.4) is 0 Å². The predicted octanol–water partition coefficient (Wildman–Crippen LogP) is 1.91. The smallest absolute Gasteiger partial charge is 0.340 e. The van der Waals surface area contributed by atoms with E-state index in [0.29, 0.717) is 12.2 Å². The number of nitrogens with zero attached hydrogens (tertiary/aromatic N) is 1. The number of nitrogens with one attached hydrogen (secondary N) is 2. The van der Waals surface area contributed by atoms with Crippen molar-refractivity contribution in [2.75, 3.05) is 13.1 Å². The van der Waals surface area contributed by atoms with Crippen molar-refractivity contribution in [2.24, 2.45) is 0 Å². The lowest BCUT2D eigenvalue weighted by Gasteiger charge is -2.46. The van der Waals surface area contributed by atoms with Crippen LogP contribution in [0.1, 0.15) is 65.2 Å². The van der Waals surface area contributed by atoms with Gasteiger partial charge in [0.05, 0.1) is 25.3 Å². The minimum atomic E-state index is -0.157. The van der Waals surface area contributed by atoms with Gasteiger partial charge < -0.3 is 9.47 Å². The molecule has 2 spiro atoms. The van der Waals surface area contributed by atoms with Crippen molar-refractivity contribution in [2.45, 2.75) is 88.9 Å². The zero-order valence-corrected chi connectivity index (χ0v) is 14.0. The molecule has 0 bridgehead atoms. The fourth-order valence-electron chi connectivity index (χ4n) is 4.62. The standard InChI is InChI=1S/C17H29N3O2/c1-13-5-3-7-16(21-13)9-11-20-12-10-17(19-15(20)18-16)8-4-6-14(2)22-17/h13-14H,3-12H2,1-2H3,(H,18,19)/p+1/t13-,14-,16-,17-/m1/s1. The summed E-state index contributed by atoms with van der Waals surface area (Å²) in [7, 11) is 0. The highest BCUT2D eigenvalue weighted by Gasteiger charge is 2.50. The Morgan fingerprint density at radius 1 is 0.864 bits per heavy atom. The first-order chi connectivity index (χ1) is 10.6. The molecule has 0 amide bonds. The normalized spacial score (nSPS) is 45.4. The van der Waals surface area contributed by atoms with Gasteiger partial charge in [0.2, 0.25) is 0 Å². The Hall–Kier alpha value is -0.810. The monoisotopic (exact) mass is 308 g/mol. The third kappa shape index (κ3) is 2.62.